The quantitative estimate of drug-likeness (QED) is 0.906. The summed E-state index contributed by atoms with van der Waals surface area (Å²) in [5, 5.41) is 3.45. The fraction of sp³-hybridized carbons (Fsp3) is 0.625. The summed E-state index contributed by atoms with van der Waals surface area (Å²) in [5.41, 5.74) is 4.36. The Morgan fingerprint density at radius 3 is 2.40 bits per heavy atom. The maximum atomic E-state index is 3.45. The highest BCUT2D eigenvalue weighted by atomic mass is 35.5. The summed E-state index contributed by atoms with van der Waals surface area (Å²) in [6.45, 7) is 11.4. The maximum Gasteiger partial charge on any atom is 0.0351 e. The molecule has 0 unspecified atom stereocenters. The van der Waals surface area contributed by atoms with Crippen molar-refractivity contribution in [3.05, 3.63) is 34.9 Å². The minimum absolute atomic E-state index is 0. The van der Waals surface area contributed by atoms with E-state index in [1.807, 2.05) is 0 Å². The van der Waals surface area contributed by atoms with Crippen LogP contribution in [0.5, 0.6) is 0 Å². The lowest BCUT2D eigenvalue weighted by Crippen LogP contribution is -2.45. The molecule has 2 nitrogen and oxygen atoms in total. The van der Waals surface area contributed by atoms with E-state index in [9.17, 15) is 0 Å². The molecule has 0 aliphatic carbocycles. The van der Waals surface area contributed by atoms with Gasteiger partial charge in [-0.25, -0.2) is 0 Å². The summed E-state index contributed by atoms with van der Waals surface area (Å²) in [7, 11) is 0. The van der Waals surface area contributed by atoms with Crippen molar-refractivity contribution in [1.82, 2.24) is 10.2 Å². The van der Waals surface area contributed by atoms with Crippen LogP contribution in [-0.2, 0) is 0 Å². The van der Waals surface area contributed by atoms with Crippen molar-refractivity contribution < 1.29 is 0 Å². The second-order valence-electron chi connectivity index (χ2n) is 5.45. The van der Waals surface area contributed by atoms with E-state index in [2.05, 4.69) is 49.2 Å². The molecule has 1 heterocycles. The van der Waals surface area contributed by atoms with E-state index >= 15 is 0 Å². The second-order valence-corrected chi connectivity index (χ2v) is 5.45. The lowest BCUT2D eigenvalue weighted by atomic mass is 9.94. The standard InChI is InChI=1S/C16H26N2.2ClH/c1-4-5-16(18-10-8-17-9-11-18)15-12-13(2)6-7-14(15)3;;/h6-7,12,16-17H,4-5,8-11H2,1-3H3;2*1H/t16-;;/m1../s1. The first-order valence-corrected chi connectivity index (χ1v) is 7.24. The van der Waals surface area contributed by atoms with Gasteiger partial charge in [0.25, 0.3) is 0 Å². The Hall–Kier alpha value is -0.280. The fourth-order valence-electron chi connectivity index (χ4n) is 2.92. The molecule has 1 aliphatic rings. The molecule has 1 saturated heterocycles. The Bertz CT molecular complexity index is 390. The highest BCUT2D eigenvalue weighted by molar-refractivity contribution is 5.85. The molecular formula is C16H28Cl2N2. The van der Waals surface area contributed by atoms with E-state index in [-0.39, 0.29) is 24.8 Å². The van der Waals surface area contributed by atoms with Crippen LogP contribution in [-0.4, -0.2) is 31.1 Å². The third kappa shape index (κ3) is 4.92. The van der Waals surface area contributed by atoms with Gasteiger partial charge in [0, 0.05) is 32.2 Å². The number of nitrogens with zero attached hydrogens (tertiary/aromatic N) is 1. The number of piperazine rings is 1. The van der Waals surface area contributed by atoms with Crippen LogP contribution in [0.1, 0.15) is 42.5 Å². The molecule has 0 aromatic heterocycles. The Morgan fingerprint density at radius 2 is 1.80 bits per heavy atom. The summed E-state index contributed by atoms with van der Waals surface area (Å²) in [6, 6.07) is 7.49. The SMILES string of the molecule is CCC[C@H](c1cc(C)ccc1C)N1CCNCC1.Cl.Cl. The van der Waals surface area contributed by atoms with Gasteiger partial charge in [0.2, 0.25) is 0 Å². The molecule has 0 saturated carbocycles. The Labute approximate surface area is 136 Å². The van der Waals surface area contributed by atoms with E-state index in [0.29, 0.717) is 6.04 Å². The van der Waals surface area contributed by atoms with Crippen molar-refractivity contribution in [2.24, 2.45) is 0 Å². The minimum atomic E-state index is 0. The largest absolute Gasteiger partial charge is 0.314 e. The molecule has 116 valence electrons. The molecule has 1 aliphatic heterocycles. The molecular weight excluding hydrogens is 291 g/mol. The second kappa shape index (κ2) is 9.62. The molecule has 1 aromatic rings. The summed E-state index contributed by atoms with van der Waals surface area (Å²) in [6.07, 6.45) is 2.52. The van der Waals surface area contributed by atoms with Crippen LogP contribution in [0.4, 0.5) is 0 Å². The maximum absolute atomic E-state index is 3.45. The normalized spacial score (nSPS) is 16.9. The molecule has 20 heavy (non-hydrogen) atoms. The van der Waals surface area contributed by atoms with Gasteiger partial charge in [-0.1, -0.05) is 37.1 Å². The van der Waals surface area contributed by atoms with Crippen molar-refractivity contribution in [2.75, 3.05) is 26.2 Å². The average Bonchev–Trinajstić information content (AvgIpc) is 2.40. The van der Waals surface area contributed by atoms with Crippen LogP contribution in [0.3, 0.4) is 0 Å². The molecule has 1 fully saturated rings. The lowest BCUT2D eigenvalue weighted by molar-refractivity contribution is 0.164. The van der Waals surface area contributed by atoms with E-state index in [0.717, 1.165) is 13.1 Å². The van der Waals surface area contributed by atoms with Crippen molar-refractivity contribution >= 4 is 24.8 Å². The molecule has 1 aromatic carbocycles. The molecule has 4 heteroatoms. The van der Waals surface area contributed by atoms with Crippen LogP contribution < -0.4 is 5.32 Å². The Balaban J connectivity index is 0.00000180. The van der Waals surface area contributed by atoms with Crippen LogP contribution in [0.15, 0.2) is 18.2 Å². The van der Waals surface area contributed by atoms with E-state index in [1.54, 1.807) is 5.56 Å². The first-order chi connectivity index (χ1) is 8.72. The third-order valence-corrected chi connectivity index (χ3v) is 3.95. The predicted molar refractivity (Wildman–Crippen MR) is 92.5 cm³/mol. The minimum Gasteiger partial charge on any atom is -0.314 e. The molecule has 0 amide bonds. The zero-order valence-corrected chi connectivity index (χ0v) is 14.4. The highest BCUT2D eigenvalue weighted by Crippen LogP contribution is 2.29. The Kier molecular flexibility index (Phi) is 9.48. The van der Waals surface area contributed by atoms with Crippen molar-refractivity contribution in [3.63, 3.8) is 0 Å². The number of hydrogen-bond acceptors (Lipinski definition) is 2. The molecule has 2 rings (SSSR count). The molecule has 1 N–H and O–H groups in total. The van der Waals surface area contributed by atoms with Gasteiger partial charge < -0.3 is 5.32 Å². The summed E-state index contributed by atoms with van der Waals surface area (Å²) in [5.74, 6) is 0. The van der Waals surface area contributed by atoms with Gasteiger partial charge in [0.05, 0.1) is 0 Å². The van der Waals surface area contributed by atoms with Crippen molar-refractivity contribution in [1.29, 1.82) is 0 Å². The van der Waals surface area contributed by atoms with Crippen molar-refractivity contribution in [2.45, 2.75) is 39.7 Å². The lowest BCUT2D eigenvalue weighted by Gasteiger charge is -2.36. The number of benzene rings is 1. The predicted octanol–water partition coefficient (Wildman–Crippen LogP) is 3.89. The smallest absolute Gasteiger partial charge is 0.0351 e. The number of halogens is 2. The molecule has 0 spiro atoms. The first kappa shape index (κ1) is 19.7. The number of aryl methyl sites for hydroxylation is 2. The van der Waals surface area contributed by atoms with E-state index < -0.39 is 0 Å². The topological polar surface area (TPSA) is 15.3 Å². The van der Waals surface area contributed by atoms with E-state index in [1.165, 1.54) is 37.1 Å². The summed E-state index contributed by atoms with van der Waals surface area (Å²) < 4.78 is 0. The van der Waals surface area contributed by atoms with Crippen LogP contribution in [0.25, 0.3) is 0 Å². The number of nitrogens with one attached hydrogen (secondary N) is 1. The molecule has 1 atom stereocenters. The van der Waals surface area contributed by atoms with Crippen LogP contribution >= 0.6 is 24.8 Å². The first-order valence-electron chi connectivity index (χ1n) is 7.24. The van der Waals surface area contributed by atoms with Gasteiger partial charge >= 0.3 is 0 Å². The fourth-order valence-corrected chi connectivity index (χ4v) is 2.92. The average molecular weight is 319 g/mol. The molecule has 0 bridgehead atoms. The van der Waals surface area contributed by atoms with Crippen LogP contribution in [0, 0.1) is 13.8 Å². The van der Waals surface area contributed by atoms with Gasteiger partial charge in [-0.3, -0.25) is 4.90 Å². The molecule has 0 radical (unpaired) electrons. The zero-order chi connectivity index (χ0) is 13.0. The Morgan fingerprint density at radius 1 is 1.15 bits per heavy atom. The zero-order valence-electron chi connectivity index (χ0n) is 12.8. The monoisotopic (exact) mass is 318 g/mol. The third-order valence-electron chi connectivity index (χ3n) is 3.95. The van der Waals surface area contributed by atoms with Gasteiger partial charge in [-0.05, 0) is 31.4 Å². The van der Waals surface area contributed by atoms with E-state index in [4.69, 9.17) is 0 Å². The summed E-state index contributed by atoms with van der Waals surface area (Å²) in [4.78, 5) is 2.65. The van der Waals surface area contributed by atoms with Crippen LogP contribution in [0.2, 0.25) is 0 Å². The number of rotatable bonds is 4. The van der Waals surface area contributed by atoms with Gasteiger partial charge in [-0.2, -0.15) is 0 Å². The van der Waals surface area contributed by atoms with Gasteiger partial charge in [-0.15, -0.1) is 24.8 Å². The van der Waals surface area contributed by atoms with Gasteiger partial charge in [0.1, 0.15) is 0 Å². The highest BCUT2D eigenvalue weighted by Gasteiger charge is 2.22. The van der Waals surface area contributed by atoms with Crippen molar-refractivity contribution in [3.8, 4) is 0 Å². The number of hydrogen-bond donors (Lipinski definition) is 1. The van der Waals surface area contributed by atoms with Gasteiger partial charge in [0.15, 0.2) is 0 Å². The summed E-state index contributed by atoms with van der Waals surface area (Å²) >= 11 is 0.